The molecule has 0 amide bonds. The molecule has 3 heteroatoms. The molecular formula is C19H18N2O. The molecule has 1 saturated heterocycles. The summed E-state index contributed by atoms with van der Waals surface area (Å²) in [6.45, 7) is 3.27. The van der Waals surface area contributed by atoms with Crippen LogP contribution in [0.2, 0.25) is 0 Å². The van der Waals surface area contributed by atoms with E-state index in [1.165, 1.54) is 18.4 Å². The Balaban J connectivity index is 1.77. The summed E-state index contributed by atoms with van der Waals surface area (Å²) >= 11 is 0. The second-order valence-corrected chi connectivity index (χ2v) is 5.67. The van der Waals surface area contributed by atoms with Crippen LogP contribution in [0.4, 0.5) is 0 Å². The monoisotopic (exact) mass is 290 g/mol. The second kappa shape index (κ2) is 6.55. The molecule has 2 aromatic rings. The maximum Gasteiger partial charge on any atom is 0.194 e. The van der Waals surface area contributed by atoms with E-state index < -0.39 is 0 Å². The first kappa shape index (κ1) is 14.5. The van der Waals surface area contributed by atoms with E-state index in [9.17, 15) is 4.79 Å². The second-order valence-electron chi connectivity index (χ2n) is 5.67. The van der Waals surface area contributed by atoms with Crippen molar-refractivity contribution in [1.29, 1.82) is 5.26 Å². The average molecular weight is 290 g/mol. The van der Waals surface area contributed by atoms with Gasteiger partial charge in [0.1, 0.15) is 0 Å². The highest BCUT2D eigenvalue weighted by Crippen LogP contribution is 2.17. The van der Waals surface area contributed by atoms with Crippen molar-refractivity contribution in [3.05, 3.63) is 70.8 Å². The number of carbonyl (C=O) groups is 1. The van der Waals surface area contributed by atoms with Crippen LogP contribution in [0.25, 0.3) is 0 Å². The van der Waals surface area contributed by atoms with E-state index in [2.05, 4.69) is 11.0 Å². The number of benzene rings is 2. The molecule has 1 fully saturated rings. The van der Waals surface area contributed by atoms with Crippen molar-refractivity contribution >= 4 is 5.78 Å². The van der Waals surface area contributed by atoms with Gasteiger partial charge in [-0.3, -0.25) is 9.69 Å². The smallest absolute Gasteiger partial charge is 0.194 e. The molecule has 3 nitrogen and oxygen atoms in total. The number of rotatable bonds is 4. The van der Waals surface area contributed by atoms with Crippen molar-refractivity contribution in [3.8, 4) is 6.07 Å². The molecule has 0 unspecified atom stereocenters. The van der Waals surface area contributed by atoms with Crippen LogP contribution in [0.1, 0.15) is 39.9 Å². The Hall–Kier alpha value is -2.44. The number of nitriles is 1. The summed E-state index contributed by atoms with van der Waals surface area (Å²) in [4.78, 5) is 15.0. The molecule has 1 aliphatic heterocycles. The molecule has 0 aliphatic carbocycles. The SMILES string of the molecule is N#Cc1ccccc1C(=O)c1ccc(CN2CCCC2)cc1. The zero-order valence-corrected chi connectivity index (χ0v) is 12.5. The van der Waals surface area contributed by atoms with Gasteiger partial charge in [0, 0.05) is 17.7 Å². The maximum atomic E-state index is 12.5. The fraction of sp³-hybridized carbons (Fsp3) is 0.263. The minimum Gasteiger partial charge on any atom is -0.299 e. The van der Waals surface area contributed by atoms with E-state index in [-0.39, 0.29) is 5.78 Å². The van der Waals surface area contributed by atoms with Crippen molar-refractivity contribution in [3.63, 3.8) is 0 Å². The summed E-state index contributed by atoms with van der Waals surface area (Å²) in [5.41, 5.74) is 2.76. The predicted molar refractivity (Wildman–Crippen MR) is 85.5 cm³/mol. The topological polar surface area (TPSA) is 44.1 Å². The quantitative estimate of drug-likeness (QED) is 0.811. The van der Waals surface area contributed by atoms with E-state index in [0.717, 1.165) is 19.6 Å². The summed E-state index contributed by atoms with van der Waals surface area (Å²) in [6, 6.07) is 16.8. The zero-order valence-electron chi connectivity index (χ0n) is 12.5. The summed E-state index contributed by atoms with van der Waals surface area (Å²) in [7, 11) is 0. The number of likely N-dealkylation sites (tertiary alicyclic amines) is 1. The van der Waals surface area contributed by atoms with Gasteiger partial charge in [-0.15, -0.1) is 0 Å². The standard InChI is InChI=1S/C19H18N2O/c20-13-17-5-1-2-6-18(17)19(22)16-9-7-15(8-10-16)14-21-11-3-4-12-21/h1-2,5-10H,3-4,11-12,14H2. The van der Waals surface area contributed by atoms with Gasteiger partial charge in [0.05, 0.1) is 11.6 Å². The molecule has 2 aromatic carbocycles. The highest BCUT2D eigenvalue weighted by Gasteiger charge is 2.14. The molecule has 3 rings (SSSR count). The van der Waals surface area contributed by atoms with Gasteiger partial charge in [-0.2, -0.15) is 5.26 Å². The van der Waals surface area contributed by atoms with Crippen molar-refractivity contribution < 1.29 is 4.79 Å². The number of carbonyl (C=O) groups excluding carboxylic acids is 1. The maximum absolute atomic E-state index is 12.5. The van der Waals surface area contributed by atoms with Crippen LogP contribution in [0, 0.1) is 11.3 Å². The van der Waals surface area contributed by atoms with Crippen LogP contribution in [-0.4, -0.2) is 23.8 Å². The summed E-state index contributed by atoms with van der Waals surface area (Å²) < 4.78 is 0. The molecule has 1 aliphatic rings. The third-order valence-corrected chi connectivity index (χ3v) is 4.11. The van der Waals surface area contributed by atoms with Gasteiger partial charge in [-0.1, -0.05) is 36.4 Å². The van der Waals surface area contributed by atoms with Crippen molar-refractivity contribution in [1.82, 2.24) is 4.90 Å². The van der Waals surface area contributed by atoms with E-state index in [4.69, 9.17) is 5.26 Å². The number of nitrogens with zero attached hydrogens (tertiary/aromatic N) is 2. The molecule has 0 saturated carbocycles. The number of hydrogen-bond acceptors (Lipinski definition) is 3. The van der Waals surface area contributed by atoms with Gasteiger partial charge in [0.15, 0.2) is 5.78 Å². The zero-order chi connectivity index (χ0) is 15.4. The largest absolute Gasteiger partial charge is 0.299 e. The Bertz CT molecular complexity index is 707. The Morgan fingerprint density at radius 3 is 2.41 bits per heavy atom. The molecule has 0 bridgehead atoms. The van der Waals surface area contributed by atoms with Crippen LogP contribution in [0.3, 0.4) is 0 Å². The predicted octanol–water partition coefficient (Wildman–Crippen LogP) is 3.39. The van der Waals surface area contributed by atoms with E-state index in [0.29, 0.717) is 16.7 Å². The van der Waals surface area contributed by atoms with Crippen molar-refractivity contribution in [2.24, 2.45) is 0 Å². The molecule has 0 radical (unpaired) electrons. The van der Waals surface area contributed by atoms with E-state index in [1.54, 1.807) is 24.3 Å². The lowest BCUT2D eigenvalue weighted by molar-refractivity contribution is 0.103. The first-order chi connectivity index (χ1) is 10.8. The molecular weight excluding hydrogens is 272 g/mol. The fourth-order valence-corrected chi connectivity index (χ4v) is 2.89. The van der Waals surface area contributed by atoms with Gasteiger partial charge < -0.3 is 0 Å². The third kappa shape index (κ3) is 3.08. The fourth-order valence-electron chi connectivity index (χ4n) is 2.89. The number of hydrogen-bond donors (Lipinski definition) is 0. The van der Waals surface area contributed by atoms with Crippen molar-refractivity contribution in [2.75, 3.05) is 13.1 Å². The van der Waals surface area contributed by atoms with Gasteiger partial charge in [-0.05, 0) is 43.6 Å². The Labute approximate surface area is 130 Å². The van der Waals surface area contributed by atoms with Crippen LogP contribution >= 0.6 is 0 Å². The summed E-state index contributed by atoms with van der Waals surface area (Å²) in [6.07, 6.45) is 2.56. The lowest BCUT2D eigenvalue weighted by atomic mass is 9.98. The molecule has 0 aromatic heterocycles. The molecule has 22 heavy (non-hydrogen) atoms. The number of ketones is 1. The lowest BCUT2D eigenvalue weighted by Gasteiger charge is -2.14. The van der Waals surface area contributed by atoms with Crippen LogP contribution in [0.5, 0.6) is 0 Å². The minimum atomic E-state index is -0.0927. The highest BCUT2D eigenvalue weighted by molar-refractivity contribution is 6.10. The van der Waals surface area contributed by atoms with Gasteiger partial charge in [0.2, 0.25) is 0 Å². The Morgan fingerprint density at radius 1 is 1.05 bits per heavy atom. The molecule has 0 N–H and O–H groups in total. The molecule has 0 spiro atoms. The summed E-state index contributed by atoms with van der Waals surface area (Å²) in [5, 5.41) is 9.11. The van der Waals surface area contributed by atoms with Gasteiger partial charge in [0.25, 0.3) is 0 Å². The molecule has 1 heterocycles. The Morgan fingerprint density at radius 2 is 1.73 bits per heavy atom. The van der Waals surface area contributed by atoms with Crippen LogP contribution in [0.15, 0.2) is 48.5 Å². The third-order valence-electron chi connectivity index (χ3n) is 4.11. The van der Waals surface area contributed by atoms with E-state index >= 15 is 0 Å². The van der Waals surface area contributed by atoms with Crippen LogP contribution in [-0.2, 0) is 6.54 Å². The first-order valence-electron chi connectivity index (χ1n) is 7.63. The van der Waals surface area contributed by atoms with E-state index in [1.807, 2.05) is 24.3 Å². The first-order valence-corrected chi connectivity index (χ1v) is 7.63. The minimum absolute atomic E-state index is 0.0927. The molecule has 110 valence electrons. The summed E-state index contributed by atoms with van der Waals surface area (Å²) in [5.74, 6) is -0.0927. The highest BCUT2D eigenvalue weighted by atomic mass is 16.1. The van der Waals surface area contributed by atoms with Crippen LogP contribution < -0.4 is 0 Å². The molecule has 0 atom stereocenters. The van der Waals surface area contributed by atoms with Gasteiger partial charge in [-0.25, -0.2) is 0 Å². The van der Waals surface area contributed by atoms with Gasteiger partial charge >= 0.3 is 0 Å². The van der Waals surface area contributed by atoms with Crippen molar-refractivity contribution in [2.45, 2.75) is 19.4 Å². The lowest BCUT2D eigenvalue weighted by Crippen LogP contribution is -2.18. The average Bonchev–Trinajstić information content (AvgIpc) is 3.08. The normalized spacial score (nSPS) is 14.7. The Kier molecular flexibility index (Phi) is 4.32.